The Morgan fingerprint density at radius 1 is 1.18 bits per heavy atom. The number of benzene rings is 1. The van der Waals surface area contributed by atoms with E-state index in [4.69, 9.17) is 10.6 Å². The third-order valence-corrected chi connectivity index (χ3v) is 2.73. The average Bonchev–Trinajstić information content (AvgIpc) is 2.93. The number of H-pyrrole nitrogens is 1. The van der Waals surface area contributed by atoms with Crippen LogP contribution in [-0.2, 0) is 6.61 Å². The van der Waals surface area contributed by atoms with E-state index < -0.39 is 0 Å². The van der Waals surface area contributed by atoms with Gasteiger partial charge in [0.1, 0.15) is 6.61 Å². The van der Waals surface area contributed by atoms with Crippen LogP contribution in [0, 0.1) is 0 Å². The van der Waals surface area contributed by atoms with Crippen molar-refractivity contribution in [3.05, 3.63) is 54.4 Å². The number of hydrogen-bond donors (Lipinski definition) is 2. The van der Waals surface area contributed by atoms with Crippen LogP contribution in [0.2, 0.25) is 0 Å². The van der Waals surface area contributed by atoms with Crippen LogP contribution >= 0.6 is 0 Å². The lowest BCUT2D eigenvalue weighted by molar-refractivity contribution is 0.106. The molecule has 0 aliphatic carbocycles. The van der Waals surface area contributed by atoms with Gasteiger partial charge in [-0.15, -0.1) is 0 Å². The van der Waals surface area contributed by atoms with E-state index >= 15 is 0 Å². The van der Waals surface area contributed by atoms with Crippen molar-refractivity contribution in [1.82, 2.24) is 9.71 Å². The Morgan fingerprint density at radius 2 is 2.00 bits per heavy atom. The van der Waals surface area contributed by atoms with Gasteiger partial charge in [-0.3, -0.25) is 0 Å². The van der Waals surface area contributed by atoms with Crippen molar-refractivity contribution >= 4 is 16.7 Å². The molecule has 0 radical (unpaired) electrons. The molecule has 0 fully saturated rings. The first-order valence-electron chi connectivity index (χ1n) is 5.46. The number of hydrogen-bond acceptors (Lipinski definition) is 2. The maximum absolute atomic E-state index is 5.87. The summed E-state index contributed by atoms with van der Waals surface area (Å²) in [5, 5.41) is 0.984. The number of nitrogens with two attached hydrogens (primary N) is 1. The van der Waals surface area contributed by atoms with E-state index in [0.29, 0.717) is 12.3 Å². The summed E-state index contributed by atoms with van der Waals surface area (Å²) in [5.74, 6) is 0. The minimum Gasteiger partial charge on any atom is -0.408 e. The van der Waals surface area contributed by atoms with E-state index in [-0.39, 0.29) is 0 Å². The van der Waals surface area contributed by atoms with Crippen LogP contribution in [0.5, 0.6) is 0 Å². The number of aromatic nitrogens is 2. The van der Waals surface area contributed by atoms with Crippen molar-refractivity contribution in [1.29, 1.82) is 0 Å². The Kier molecular flexibility index (Phi) is 2.26. The Morgan fingerprint density at radius 3 is 2.82 bits per heavy atom. The molecular formula is C13H13N3O. The average molecular weight is 227 g/mol. The summed E-state index contributed by atoms with van der Waals surface area (Å²) in [7, 11) is 0. The molecule has 0 saturated heterocycles. The number of fused-ring (bicyclic) bond motifs is 1. The zero-order valence-corrected chi connectivity index (χ0v) is 9.26. The Hall–Kier alpha value is -2.36. The highest BCUT2D eigenvalue weighted by Gasteiger charge is 2.07. The third-order valence-electron chi connectivity index (χ3n) is 2.73. The fourth-order valence-corrected chi connectivity index (χ4v) is 1.86. The number of nitrogens with zero attached hydrogens (tertiary/aromatic N) is 1. The normalized spacial score (nSPS) is 10.8. The van der Waals surface area contributed by atoms with Crippen molar-refractivity contribution in [2.24, 2.45) is 0 Å². The summed E-state index contributed by atoms with van der Waals surface area (Å²) in [6, 6.07) is 12.0. The Balaban J connectivity index is 1.84. The van der Waals surface area contributed by atoms with Crippen LogP contribution in [0.1, 0.15) is 5.56 Å². The monoisotopic (exact) mass is 227 g/mol. The lowest BCUT2D eigenvalue weighted by Gasteiger charge is -2.06. The smallest absolute Gasteiger partial charge is 0.155 e. The fourth-order valence-electron chi connectivity index (χ4n) is 1.86. The van der Waals surface area contributed by atoms with Gasteiger partial charge in [-0.05, 0) is 11.6 Å². The molecule has 3 N–H and O–H groups in total. The summed E-state index contributed by atoms with van der Waals surface area (Å²) in [6.07, 6.45) is 3.63. The summed E-state index contributed by atoms with van der Waals surface area (Å²) in [6.45, 7) is 0.517. The molecular weight excluding hydrogens is 214 g/mol. The van der Waals surface area contributed by atoms with E-state index in [1.807, 2.05) is 42.6 Å². The molecule has 0 amide bonds. The zero-order valence-electron chi connectivity index (χ0n) is 9.26. The van der Waals surface area contributed by atoms with Crippen molar-refractivity contribution < 1.29 is 4.84 Å². The predicted molar refractivity (Wildman–Crippen MR) is 67.4 cm³/mol. The lowest BCUT2D eigenvalue weighted by atomic mass is 10.2. The van der Waals surface area contributed by atoms with Crippen LogP contribution < -0.4 is 10.6 Å². The molecule has 4 heteroatoms. The summed E-state index contributed by atoms with van der Waals surface area (Å²) in [5.41, 5.74) is 8.60. The second-order valence-electron chi connectivity index (χ2n) is 3.91. The highest BCUT2D eigenvalue weighted by atomic mass is 16.7. The minimum atomic E-state index is 0.517. The predicted octanol–water partition coefficient (Wildman–Crippen LogP) is 2.18. The first kappa shape index (κ1) is 9.84. The maximum Gasteiger partial charge on any atom is 0.155 e. The zero-order chi connectivity index (χ0) is 11.7. The molecule has 1 aromatic carbocycles. The topological polar surface area (TPSA) is 56.0 Å². The van der Waals surface area contributed by atoms with Gasteiger partial charge < -0.3 is 15.6 Å². The molecule has 3 aromatic rings. The second-order valence-corrected chi connectivity index (χ2v) is 3.91. The lowest BCUT2D eigenvalue weighted by Crippen LogP contribution is -2.09. The van der Waals surface area contributed by atoms with Crippen molar-refractivity contribution in [2.45, 2.75) is 6.61 Å². The van der Waals surface area contributed by atoms with Crippen molar-refractivity contribution in [2.75, 3.05) is 5.73 Å². The molecule has 0 bridgehead atoms. The summed E-state index contributed by atoms with van der Waals surface area (Å²) < 4.78 is 1.68. The maximum atomic E-state index is 5.87. The molecule has 0 atom stereocenters. The van der Waals surface area contributed by atoms with Crippen molar-refractivity contribution in [3.8, 4) is 0 Å². The molecule has 4 nitrogen and oxygen atoms in total. The van der Waals surface area contributed by atoms with E-state index in [0.717, 1.165) is 16.6 Å². The molecule has 86 valence electrons. The standard InChI is InChI=1S/C13H13N3O/c14-12-8-16(13-11(12)6-7-15-13)17-9-10-4-2-1-3-5-10/h1-8,15H,9,14H2. The highest BCUT2D eigenvalue weighted by Crippen LogP contribution is 2.21. The number of aromatic amines is 1. The van der Waals surface area contributed by atoms with Crippen LogP contribution in [-0.4, -0.2) is 9.71 Å². The van der Waals surface area contributed by atoms with Gasteiger partial charge in [-0.2, -0.15) is 4.73 Å². The fraction of sp³-hybridized carbons (Fsp3) is 0.0769. The quantitative estimate of drug-likeness (QED) is 0.720. The Bertz CT molecular complexity index is 624. The number of rotatable bonds is 3. The van der Waals surface area contributed by atoms with Gasteiger partial charge >= 0.3 is 0 Å². The molecule has 2 heterocycles. The molecule has 17 heavy (non-hydrogen) atoms. The van der Waals surface area contributed by atoms with Gasteiger partial charge in [0.05, 0.1) is 11.9 Å². The minimum absolute atomic E-state index is 0.517. The van der Waals surface area contributed by atoms with E-state index in [1.165, 1.54) is 0 Å². The number of anilines is 1. The SMILES string of the molecule is Nc1cn(OCc2ccccc2)c2[nH]ccc12. The van der Waals surface area contributed by atoms with Crippen molar-refractivity contribution in [3.63, 3.8) is 0 Å². The first-order valence-corrected chi connectivity index (χ1v) is 5.46. The van der Waals surface area contributed by atoms with Gasteiger partial charge in [0.15, 0.2) is 5.65 Å². The van der Waals surface area contributed by atoms with Crippen LogP contribution in [0.4, 0.5) is 5.69 Å². The van der Waals surface area contributed by atoms with Gasteiger partial charge in [0.2, 0.25) is 0 Å². The van der Waals surface area contributed by atoms with Gasteiger partial charge in [0.25, 0.3) is 0 Å². The molecule has 0 unspecified atom stereocenters. The van der Waals surface area contributed by atoms with E-state index in [2.05, 4.69) is 4.98 Å². The first-order chi connectivity index (χ1) is 8.34. The molecule has 3 rings (SSSR count). The second kappa shape index (κ2) is 3.90. The molecule has 2 aromatic heterocycles. The summed E-state index contributed by atoms with van der Waals surface area (Å²) >= 11 is 0. The molecule has 0 spiro atoms. The summed E-state index contributed by atoms with van der Waals surface area (Å²) in [4.78, 5) is 8.79. The highest BCUT2D eigenvalue weighted by molar-refractivity contribution is 5.89. The van der Waals surface area contributed by atoms with Crippen LogP contribution in [0.25, 0.3) is 11.0 Å². The third kappa shape index (κ3) is 1.73. The van der Waals surface area contributed by atoms with E-state index in [9.17, 15) is 0 Å². The van der Waals surface area contributed by atoms with Crippen LogP contribution in [0.15, 0.2) is 48.8 Å². The Labute approximate surface area is 98.6 Å². The van der Waals surface area contributed by atoms with E-state index in [1.54, 1.807) is 10.9 Å². The van der Waals surface area contributed by atoms with Gasteiger partial charge in [0, 0.05) is 11.6 Å². The molecule has 0 aliphatic heterocycles. The number of nitrogen functional groups attached to an aromatic ring is 1. The van der Waals surface area contributed by atoms with Crippen LogP contribution in [0.3, 0.4) is 0 Å². The van der Waals surface area contributed by atoms with Gasteiger partial charge in [-0.25, -0.2) is 0 Å². The largest absolute Gasteiger partial charge is 0.408 e. The molecule has 0 saturated carbocycles. The molecule has 0 aliphatic rings. The number of nitrogens with one attached hydrogen (secondary N) is 1. The van der Waals surface area contributed by atoms with Gasteiger partial charge in [-0.1, -0.05) is 30.3 Å².